The van der Waals surface area contributed by atoms with E-state index < -0.39 is 27.6 Å². The van der Waals surface area contributed by atoms with E-state index in [0.29, 0.717) is 22.9 Å². The molecule has 10 heteroatoms. The van der Waals surface area contributed by atoms with E-state index in [9.17, 15) is 26.0 Å². The molecule has 0 saturated carbocycles. The minimum atomic E-state index is -4.55. The van der Waals surface area contributed by atoms with Crippen molar-refractivity contribution in [3.05, 3.63) is 59.5 Å². The van der Waals surface area contributed by atoms with Gasteiger partial charge in [0.15, 0.2) is 0 Å². The van der Waals surface area contributed by atoms with Gasteiger partial charge in [-0.05, 0) is 63.5 Å². The number of thioether (sulfide) groups is 1. The lowest BCUT2D eigenvalue weighted by Crippen LogP contribution is -2.15. The van der Waals surface area contributed by atoms with Gasteiger partial charge in [-0.15, -0.1) is 11.8 Å². The Kier molecular flexibility index (Phi) is 6.22. The zero-order valence-corrected chi connectivity index (χ0v) is 18.1. The van der Waals surface area contributed by atoms with Crippen molar-refractivity contribution in [1.82, 2.24) is 8.87 Å². The topological polar surface area (TPSA) is 42.3 Å². The number of aromatic nitrogens is 1. The Labute approximate surface area is 176 Å². The fourth-order valence-electron chi connectivity index (χ4n) is 3.07. The smallest absolute Gasteiger partial charge is 0.309 e. The van der Waals surface area contributed by atoms with E-state index >= 15 is 0 Å². The van der Waals surface area contributed by atoms with Crippen LogP contribution in [0.4, 0.5) is 17.6 Å². The molecule has 30 heavy (non-hydrogen) atoms. The second-order valence-electron chi connectivity index (χ2n) is 7.02. The number of hydrogen-bond acceptors (Lipinski definition) is 4. The number of halogens is 4. The molecule has 3 aromatic rings. The summed E-state index contributed by atoms with van der Waals surface area (Å²) < 4.78 is 80.6. The average molecular weight is 461 g/mol. The second kappa shape index (κ2) is 8.24. The molecule has 0 N–H and O–H groups in total. The highest BCUT2D eigenvalue weighted by molar-refractivity contribution is 7.99. The van der Waals surface area contributed by atoms with E-state index in [2.05, 4.69) is 0 Å². The van der Waals surface area contributed by atoms with Crippen LogP contribution in [0.25, 0.3) is 10.9 Å². The lowest BCUT2D eigenvalue weighted by atomic mass is 10.1. The first-order valence-electron chi connectivity index (χ1n) is 8.94. The molecular weight excluding hydrogens is 440 g/mol. The highest BCUT2D eigenvalue weighted by Gasteiger charge is 2.32. The van der Waals surface area contributed by atoms with Crippen LogP contribution >= 0.6 is 11.8 Å². The molecule has 2 aromatic carbocycles. The van der Waals surface area contributed by atoms with Crippen molar-refractivity contribution < 1.29 is 26.0 Å². The predicted octanol–water partition coefficient (Wildman–Crippen LogP) is 5.00. The fraction of sp³-hybridized carbons (Fsp3) is 0.300. The van der Waals surface area contributed by atoms with Gasteiger partial charge in [0.05, 0.1) is 16.0 Å². The van der Waals surface area contributed by atoms with E-state index in [0.717, 1.165) is 40.4 Å². The molecule has 0 aliphatic rings. The maximum Gasteiger partial charge on any atom is 0.416 e. The van der Waals surface area contributed by atoms with Gasteiger partial charge in [-0.2, -0.15) is 13.2 Å². The van der Waals surface area contributed by atoms with E-state index in [1.807, 2.05) is 19.0 Å². The second-order valence-corrected chi connectivity index (χ2v) is 9.91. The molecular formula is C20H20F4N2O2S2. The Hall–Kier alpha value is -2.04. The van der Waals surface area contributed by atoms with Crippen LogP contribution < -0.4 is 0 Å². The van der Waals surface area contributed by atoms with Gasteiger partial charge in [0.2, 0.25) is 0 Å². The van der Waals surface area contributed by atoms with Gasteiger partial charge in [0.1, 0.15) is 5.82 Å². The lowest BCUT2D eigenvalue weighted by molar-refractivity contribution is -0.137. The summed E-state index contributed by atoms with van der Waals surface area (Å²) in [6, 6.07) is 7.36. The molecule has 1 heterocycles. The molecule has 0 aliphatic heterocycles. The van der Waals surface area contributed by atoms with Crippen LogP contribution in [0.5, 0.6) is 0 Å². The standard InChI is InChI=1S/C20H20F4N2O2S2/c1-13-19(29-11-10-25(2)3)17-12-14(20(22,23)24)4-9-18(17)26(13)30(27,28)16-7-5-15(21)6-8-16/h4-9,12H,10-11H2,1-3H3. The Balaban J connectivity index is 2.23. The van der Waals surface area contributed by atoms with Crippen LogP contribution in [0, 0.1) is 12.7 Å². The first-order chi connectivity index (χ1) is 13.9. The molecule has 3 rings (SSSR count). The number of rotatable bonds is 6. The molecule has 4 nitrogen and oxygen atoms in total. The minimum absolute atomic E-state index is 0.145. The highest BCUT2D eigenvalue weighted by Crippen LogP contribution is 2.39. The summed E-state index contributed by atoms with van der Waals surface area (Å²) in [7, 11) is -0.392. The van der Waals surface area contributed by atoms with Crippen molar-refractivity contribution in [3.63, 3.8) is 0 Å². The number of fused-ring (bicyclic) bond motifs is 1. The summed E-state index contributed by atoms with van der Waals surface area (Å²) in [6.07, 6.45) is -4.55. The van der Waals surface area contributed by atoms with E-state index in [1.165, 1.54) is 17.8 Å². The number of benzene rings is 2. The highest BCUT2D eigenvalue weighted by atomic mass is 32.2. The molecule has 162 valence electrons. The van der Waals surface area contributed by atoms with Crippen LogP contribution in [-0.2, 0) is 16.2 Å². The molecule has 0 atom stereocenters. The van der Waals surface area contributed by atoms with E-state index in [-0.39, 0.29) is 15.8 Å². The van der Waals surface area contributed by atoms with Crippen molar-refractivity contribution in [2.75, 3.05) is 26.4 Å². The van der Waals surface area contributed by atoms with Crippen LogP contribution in [0.1, 0.15) is 11.3 Å². The zero-order valence-electron chi connectivity index (χ0n) is 16.5. The fourth-order valence-corrected chi connectivity index (χ4v) is 5.97. The van der Waals surface area contributed by atoms with Crippen LogP contribution in [0.2, 0.25) is 0 Å². The molecule has 1 aromatic heterocycles. The van der Waals surface area contributed by atoms with E-state index in [1.54, 1.807) is 6.92 Å². The third-order valence-electron chi connectivity index (χ3n) is 4.56. The van der Waals surface area contributed by atoms with Crippen molar-refractivity contribution >= 4 is 32.7 Å². The molecule has 0 spiro atoms. The molecule has 0 amide bonds. The first kappa shape index (κ1) is 22.6. The summed E-state index contributed by atoms with van der Waals surface area (Å²) in [6.45, 7) is 2.23. The van der Waals surface area contributed by atoms with Gasteiger partial charge < -0.3 is 4.90 Å². The van der Waals surface area contributed by atoms with Gasteiger partial charge in [-0.3, -0.25) is 0 Å². The number of hydrogen-bond donors (Lipinski definition) is 0. The Bertz CT molecular complexity index is 1170. The van der Waals surface area contributed by atoms with Crippen molar-refractivity contribution in [2.45, 2.75) is 22.9 Å². The van der Waals surface area contributed by atoms with Crippen molar-refractivity contribution in [2.24, 2.45) is 0 Å². The first-order valence-corrected chi connectivity index (χ1v) is 11.4. The Morgan fingerprint density at radius 2 is 1.70 bits per heavy atom. The lowest BCUT2D eigenvalue weighted by Gasteiger charge is -2.11. The quantitative estimate of drug-likeness (QED) is 0.384. The third-order valence-corrected chi connectivity index (χ3v) is 7.57. The van der Waals surface area contributed by atoms with Gasteiger partial charge in [-0.25, -0.2) is 16.8 Å². The summed E-state index contributed by atoms with van der Waals surface area (Å²) in [5.41, 5.74) is -0.379. The largest absolute Gasteiger partial charge is 0.416 e. The molecule has 0 bridgehead atoms. The summed E-state index contributed by atoms with van der Waals surface area (Å²) in [5.74, 6) is -0.0161. The summed E-state index contributed by atoms with van der Waals surface area (Å²) in [5, 5.41) is 0.219. The van der Waals surface area contributed by atoms with Crippen LogP contribution in [-0.4, -0.2) is 43.7 Å². The number of alkyl halides is 3. The summed E-state index contributed by atoms with van der Waals surface area (Å²) >= 11 is 1.30. The predicted molar refractivity (Wildman–Crippen MR) is 110 cm³/mol. The van der Waals surface area contributed by atoms with Gasteiger partial charge in [-0.1, -0.05) is 0 Å². The molecule has 0 unspecified atom stereocenters. The molecule has 0 radical (unpaired) electrons. The number of nitrogens with zero attached hydrogens (tertiary/aromatic N) is 2. The van der Waals surface area contributed by atoms with Gasteiger partial charge >= 0.3 is 6.18 Å². The van der Waals surface area contributed by atoms with Gasteiger partial charge in [0.25, 0.3) is 10.0 Å². The molecule has 0 saturated heterocycles. The Morgan fingerprint density at radius 1 is 1.07 bits per heavy atom. The van der Waals surface area contributed by atoms with Crippen molar-refractivity contribution in [3.8, 4) is 0 Å². The maximum absolute atomic E-state index is 13.3. The zero-order chi connectivity index (χ0) is 22.3. The Morgan fingerprint density at radius 3 is 2.27 bits per heavy atom. The SMILES string of the molecule is Cc1c(SCCN(C)C)c2cc(C(F)(F)F)ccc2n1S(=O)(=O)c1ccc(F)cc1. The van der Waals surface area contributed by atoms with Crippen LogP contribution in [0.3, 0.4) is 0 Å². The normalized spacial score (nSPS) is 12.8. The summed E-state index contributed by atoms with van der Waals surface area (Å²) in [4.78, 5) is 2.26. The molecule has 0 aliphatic carbocycles. The molecule has 0 fully saturated rings. The minimum Gasteiger partial charge on any atom is -0.309 e. The van der Waals surface area contributed by atoms with Crippen molar-refractivity contribution in [1.29, 1.82) is 0 Å². The van der Waals surface area contributed by atoms with Gasteiger partial charge in [0, 0.05) is 28.3 Å². The third kappa shape index (κ3) is 4.35. The average Bonchev–Trinajstić information content (AvgIpc) is 2.93. The van der Waals surface area contributed by atoms with Crippen LogP contribution in [0.15, 0.2) is 52.3 Å². The monoisotopic (exact) mass is 460 g/mol. The van der Waals surface area contributed by atoms with E-state index in [4.69, 9.17) is 0 Å². The maximum atomic E-state index is 13.3.